The molecule has 0 bridgehead atoms. The van der Waals surface area contributed by atoms with Gasteiger partial charge in [-0.25, -0.2) is 4.39 Å². The molecule has 25 heavy (non-hydrogen) atoms. The van der Waals surface area contributed by atoms with Crippen molar-refractivity contribution in [2.75, 3.05) is 0 Å². The second-order valence-corrected chi connectivity index (χ2v) is 6.01. The van der Waals surface area contributed by atoms with E-state index in [9.17, 15) is 9.18 Å². The van der Waals surface area contributed by atoms with E-state index in [4.69, 9.17) is 16.3 Å². The summed E-state index contributed by atoms with van der Waals surface area (Å²) in [4.78, 5) is 12.5. The highest BCUT2D eigenvalue weighted by Crippen LogP contribution is 2.22. The van der Waals surface area contributed by atoms with Crippen molar-refractivity contribution in [1.29, 1.82) is 0 Å². The highest BCUT2D eigenvalue weighted by atomic mass is 35.5. The minimum atomic E-state index is -0.475. The average Bonchev–Trinajstić information content (AvgIpc) is 2.64. The van der Waals surface area contributed by atoms with Crippen LogP contribution in [-0.4, -0.2) is 5.78 Å². The predicted octanol–water partition coefficient (Wildman–Crippen LogP) is 5.48. The van der Waals surface area contributed by atoms with Crippen LogP contribution in [0.5, 0.6) is 5.75 Å². The van der Waals surface area contributed by atoms with Crippen molar-refractivity contribution in [2.45, 2.75) is 13.0 Å². The molecule has 0 heterocycles. The van der Waals surface area contributed by atoms with Crippen LogP contribution >= 0.6 is 11.6 Å². The summed E-state index contributed by atoms with van der Waals surface area (Å²) in [5.41, 5.74) is 1.71. The first-order valence-corrected chi connectivity index (χ1v) is 8.24. The fraction of sp³-hybridized carbons (Fsp3) is 0.0952. The Hall–Kier alpha value is -2.65. The molecule has 0 saturated heterocycles. The number of carbonyl (C=O) groups is 1. The number of carbonyl (C=O) groups excluding carboxylic acids is 1. The molecule has 3 aromatic carbocycles. The first-order chi connectivity index (χ1) is 12.1. The van der Waals surface area contributed by atoms with E-state index >= 15 is 0 Å². The van der Waals surface area contributed by atoms with Crippen LogP contribution in [0, 0.1) is 5.82 Å². The number of hydrogen-bond acceptors (Lipinski definition) is 2. The highest BCUT2D eigenvalue weighted by Gasteiger charge is 2.14. The fourth-order valence-corrected chi connectivity index (χ4v) is 2.69. The van der Waals surface area contributed by atoms with Gasteiger partial charge in [-0.3, -0.25) is 4.79 Å². The number of ketones is 1. The third-order valence-corrected chi connectivity index (χ3v) is 4.16. The van der Waals surface area contributed by atoms with Gasteiger partial charge in [-0.15, -0.1) is 0 Å². The Bertz CT molecular complexity index is 858. The van der Waals surface area contributed by atoms with Crippen LogP contribution in [0.25, 0.3) is 0 Å². The lowest BCUT2D eigenvalue weighted by Crippen LogP contribution is -2.06. The molecule has 0 fully saturated rings. The Labute approximate surface area is 150 Å². The number of rotatable bonds is 6. The molecule has 0 unspecified atom stereocenters. The lowest BCUT2D eigenvalue weighted by Gasteiger charge is -2.09. The van der Waals surface area contributed by atoms with Crippen molar-refractivity contribution in [3.8, 4) is 5.75 Å². The Morgan fingerprint density at radius 2 is 1.72 bits per heavy atom. The monoisotopic (exact) mass is 354 g/mol. The van der Waals surface area contributed by atoms with E-state index in [2.05, 4.69) is 0 Å². The number of ether oxygens (including phenoxy) is 1. The van der Waals surface area contributed by atoms with Crippen LogP contribution in [0.3, 0.4) is 0 Å². The summed E-state index contributed by atoms with van der Waals surface area (Å²) in [6, 6.07) is 21.0. The first kappa shape index (κ1) is 17.2. The zero-order valence-electron chi connectivity index (χ0n) is 13.4. The van der Waals surface area contributed by atoms with Gasteiger partial charge < -0.3 is 4.74 Å². The highest BCUT2D eigenvalue weighted by molar-refractivity contribution is 6.31. The molecule has 0 saturated carbocycles. The largest absolute Gasteiger partial charge is 0.489 e. The SMILES string of the molecule is O=C(Cc1c(F)cccc1Cl)c1cccc(OCc2ccccc2)c1. The maximum Gasteiger partial charge on any atom is 0.167 e. The summed E-state index contributed by atoms with van der Waals surface area (Å²) >= 11 is 5.99. The molecule has 4 heteroatoms. The van der Waals surface area contributed by atoms with Crippen LogP contribution in [0.1, 0.15) is 21.5 Å². The maximum absolute atomic E-state index is 13.9. The van der Waals surface area contributed by atoms with Crippen molar-refractivity contribution in [3.05, 3.63) is 100 Å². The van der Waals surface area contributed by atoms with Crippen LogP contribution in [-0.2, 0) is 13.0 Å². The van der Waals surface area contributed by atoms with Gasteiger partial charge in [0.1, 0.15) is 18.2 Å². The van der Waals surface area contributed by atoms with Gasteiger partial charge in [0, 0.05) is 22.6 Å². The van der Waals surface area contributed by atoms with E-state index in [1.54, 1.807) is 30.3 Å². The summed E-state index contributed by atoms with van der Waals surface area (Å²) < 4.78 is 19.6. The Kier molecular flexibility index (Phi) is 5.46. The van der Waals surface area contributed by atoms with Gasteiger partial charge in [0.25, 0.3) is 0 Å². The van der Waals surface area contributed by atoms with Crippen molar-refractivity contribution < 1.29 is 13.9 Å². The number of benzene rings is 3. The summed E-state index contributed by atoms with van der Waals surface area (Å²) in [5, 5.41) is 0.254. The molecule has 126 valence electrons. The number of hydrogen-bond donors (Lipinski definition) is 0. The van der Waals surface area contributed by atoms with Crippen LogP contribution in [0.4, 0.5) is 4.39 Å². The van der Waals surface area contributed by atoms with Crippen molar-refractivity contribution >= 4 is 17.4 Å². The predicted molar refractivity (Wildman–Crippen MR) is 96.7 cm³/mol. The summed E-state index contributed by atoms with van der Waals surface area (Å²) in [7, 11) is 0. The van der Waals surface area contributed by atoms with Gasteiger partial charge in [0.15, 0.2) is 5.78 Å². The Morgan fingerprint density at radius 1 is 0.960 bits per heavy atom. The van der Waals surface area contributed by atoms with E-state index in [1.807, 2.05) is 30.3 Å². The molecular weight excluding hydrogens is 339 g/mol. The Morgan fingerprint density at radius 3 is 2.48 bits per heavy atom. The van der Waals surface area contributed by atoms with Gasteiger partial charge >= 0.3 is 0 Å². The molecular formula is C21H16ClFO2. The van der Waals surface area contributed by atoms with E-state index in [-0.39, 0.29) is 22.8 Å². The Balaban J connectivity index is 1.71. The van der Waals surface area contributed by atoms with Crippen LogP contribution in [0.2, 0.25) is 5.02 Å². The molecule has 0 atom stereocenters. The van der Waals surface area contributed by atoms with E-state index < -0.39 is 5.82 Å². The topological polar surface area (TPSA) is 26.3 Å². The van der Waals surface area contributed by atoms with Gasteiger partial charge in [-0.05, 0) is 29.8 Å². The fourth-order valence-electron chi connectivity index (χ4n) is 2.46. The summed E-state index contributed by atoms with van der Waals surface area (Å²) in [5.74, 6) is -0.0937. The van der Waals surface area contributed by atoms with Gasteiger partial charge in [0.05, 0.1) is 0 Å². The molecule has 2 nitrogen and oxygen atoms in total. The van der Waals surface area contributed by atoms with Crippen molar-refractivity contribution in [3.63, 3.8) is 0 Å². The molecule has 0 radical (unpaired) electrons. The third kappa shape index (κ3) is 4.46. The molecule has 0 N–H and O–H groups in total. The third-order valence-electron chi connectivity index (χ3n) is 3.80. The van der Waals surface area contributed by atoms with E-state index in [0.29, 0.717) is 17.9 Å². The maximum atomic E-state index is 13.9. The quantitative estimate of drug-likeness (QED) is 0.547. The standard InChI is InChI=1S/C21H16ClFO2/c22-19-10-5-11-20(23)18(19)13-21(24)16-8-4-9-17(12-16)25-14-15-6-2-1-3-7-15/h1-12H,13-14H2. The van der Waals surface area contributed by atoms with Crippen LogP contribution in [0.15, 0.2) is 72.8 Å². The zero-order valence-corrected chi connectivity index (χ0v) is 14.2. The van der Waals surface area contributed by atoms with Crippen LogP contribution < -0.4 is 4.74 Å². The molecule has 0 aliphatic rings. The van der Waals surface area contributed by atoms with E-state index in [0.717, 1.165) is 5.56 Å². The molecule has 3 aromatic rings. The minimum Gasteiger partial charge on any atom is -0.489 e. The molecule has 0 spiro atoms. The summed E-state index contributed by atoms with van der Waals surface area (Å²) in [6.45, 7) is 0.414. The molecule has 0 aliphatic heterocycles. The van der Waals surface area contributed by atoms with Gasteiger partial charge in [-0.1, -0.05) is 60.1 Å². The number of Topliss-reactive ketones (excluding diaryl/α,β-unsaturated/α-hetero) is 1. The zero-order chi connectivity index (χ0) is 17.6. The smallest absolute Gasteiger partial charge is 0.167 e. The van der Waals surface area contributed by atoms with Gasteiger partial charge in [0.2, 0.25) is 0 Å². The second-order valence-electron chi connectivity index (χ2n) is 5.60. The molecule has 3 rings (SSSR count). The van der Waals surface area contributed by atoms with Gasteiger partial charge in [-0.2, -0.15) is 0 Å². The van der Waals surface area contributed by atoms with E-state index in [1.165, 1.54) is 12.1 Å². The second kappa shape index (κ2) is 7.95. The normalized spacial score (nSPS) is 10.5. The number of halogens is 2. The molecule has 0 amide bonds. The first-order valence-electron chi connectivity index (χ1n) is 7.86. The molecule has 0 aliphatic carbocycles. The lowest BCUT2D eigenvalue weighted by molar-refractivity contribution is 0.0991. The minimum absolute atomic E-state index is 0.0896. The average molecular weight is 355 g/mol. The summed E-state index contributed by atoms with van der Waals surface area (Å²) in [6.07, 6.45) is -0.0896. The van der Waals surface area contributed by atoms with Crippen molar-refractivity contribution in [1.82, 2.24) is 0 Å². The molecule has 0 aromatic heterocycles. The van der Waals surface area contributed by atoms with Crippen molar-refractivity contribution in [2.24, 2.45) is 0 Å². The lowest BCUT2D eigenvalue weighted by atomic mass is 10.0.